The van der Waals surface area contributed by atoms with Crippen LogP contribution in [0.1, 0.15) is 11.1 Å². The van der Waals surface area contributed by atoms with Gasteiger partial charge >= 0.3 is 6.03 Å². The van der Waals surface area contributed by atoms with Crippen molar-refractivity contribution in [3.63, 3.8) is 0 Å². The van der Waals surface area contributed by atoms with Gasteiger partial charge in [0.05, 0.1) is 7.11 Å². The summed E-state index contributed by atoms with van der Waals surface area (Å²) in [5.74, 6) is 0.633. The van der Waals surface area contributed by atoms with Gasteiger partial charge in [-0.25, -0.2) is 4.79 Å². The summed E-state index contributed by atoms with van der Waals surface area (Å²) in [5.41, 5.74) is 2.09. The van der Waals surface area contributed by atoms with E-state index in [2.05, 4.69) is 5.32 Å². The third-order valence-corrected chi connectivity index (χ3v) is 4.17. The maximum absolute atomic E-state index is 12.5. The number of nitrogens with zero attached hydrogens (tertiary/aromatic N) is 1. The fourth-order valence-corrected chi connectivity index (χ4v) is 2.81. The van der Waals surface area contributed by atoms with Crippen LogP contribution in [0.2, 0.25) is 0 Å². The lowest BCUT2D eigenvalue weighted by molar-refractivity contribution is -0.127. The fourth-order valence-electron chi connectivity index (χ4n) is 2.81. The summed E-state index contributed by atoms with van der Waals surface area (Å²) in [6.07, 6.45) is 1.14. The molecule has 5 nitrogen and oxygen atoms in total. The van der Waals surface area contributed by atoms with Gasteiger partial charge in [0.15, 0.2) is 0 Å². The molecule has 1 aliphatic rings. The first-order valence-corrected chi connectivity index (χ1v) is 7.96. The smallest absolute Gasteiger partial charge is 0.324 e. The minimum atomic E-state index is -0.476. The van der Waals surface area contributed by atoms with Gasteiger partial charge in [0.1, 0.15) is 11.8 Å². The van der Waals surface area contributed by atoms with E-state index >= 15 is 0 Å². The minimum Gasteiger partial charge on any atom is -0.497 e. The molecule has 1 N–H and O–H groups in total. The van der Waals surface area contributed by atoms with E-state index in [1.54, 1.807) is 7.11 Å². The van der Waals surface area contributed by atoms with Crippen LogP contribution in [-0.2, 0) is 17.6 Å². The molecule has 3 rings (SSSR count). The predicted octanol–water partition coefficient (Wildman–Crippen LogP) is 2.40. The van der Waals surface area contributed by atoms with Crippen LogP contribution in [-0.4, -0.2) is 36.5 Å². The highest BCUT2D eigenvalue weighted by molar-refractivity contribution is 6.04. The molecule has 2 aromatic carbocycles. The average molecular weight is 324 g/mol. The molecule has 0 saturated carbocycles. The molecule has 0 spiro atoms. The van der Waals surface area contributed by atoms with Crippen molar-refractivity contribution < 1.29 is 14.3 Å². The molecule has 1 aliphatic heterocycles. The summed E-state index contributed by atoms with van der Waals surface area (Å²) in [6, 6.07) is 16.6. The van der Waals surface area contributed by atoms with Crippen LogP contribution in [0.3, 0.4) is 0 Å². The second kappa shape index (κ2) is 7.17. The lowest BCUT2D eigenvalue weighted by atomic mass is 10.1. The quantitative estimate of drug-likeness (QED) is 0.830. The van der Waals surface area contributed by atoms with Crippen molar-refractivity contribution in [2.75, 3.05) is 13.7 Å². The van der Waals surface area contributed by atoms with Gasteiger partial charge in [-0.05, 0) is 29.7 Å². The summed E-state index contributed by atoms with van der Waals surface area (Å²) >= 11 is 0. The number of carbonyl (C=O) groups excluding carboxylic acids is 2. The van der Waals surface area contributed by atoms with Crippen molar-refractivity contribution in [2.24, 2.45) is 0 Å². The van der Waals surface area contributed by atoms with Gasteiger partial charge in [-0.3, -0.25) is 9.69 Å². The number of carbonyl (C=O) groups is 2. The number of imide groups is 1. The Bertz CT molecular complexity index is 713. The van der Waals surface area contributed by atoms with Gasteiger partial charge in [-0.2, -0.15) is 0 Å². The number of ether oxygens (including phenoxy) is 1. The maximum Gasteiger partial charge on any atom is 0.324 e. The first kappa shape index (κ1) is 16.1. The van der Waals surface area contributed by atoms with E-state index < -0.39 is 6.04 Å². The molecule has 1 atom stereocenters. The molecule has 0 bridgehead atoms. The van der Waals surface area contributed by atoms with Crippen LogP contribution < -0.4 is 10.1 Å². The third kappa shape index (κ3) is 3.56. The lowest BCUT2D eigenvalue weighted by Gasteiger charge is -2.13. The monoisotopic (exact) mass is 324 g/mol. The summed E-state index contributed by atoms with van der Waals surface area (Å²) in [7, 11) is 1.62. The molecule has 1 heterocycles. The molecule has 5 heteroatoms. The van der Waals surface area contributed by atoms with Crippen LogP contribution >= 0.6 is 0 Å². The minimum absolute atomic E-state index is 0.155. The number of hydrogen-bond acceptors (Lipinski definition) is 3. The zero-order valence-corrected chi connectivity index (χ0v) is 13.6. The third-order valence-electron chi connectivity index (χ3n) is 4.17. The van der Waals surface area contributed by atoms with E-state index in [9.17, 15) is 9.59 Å². The summed E-state index contributed by atoms with van der Waals surface area (Å²) < 4.78 is 5.12. The second-order valence-electron chi connectivity index (χ2n) is 5.78. The Morgan fingerprint density at radius 2 is 1.71 bits per heavy atom. The molecular formula is C19H20N2O3. The Morgan fingerprint density at radius 1 is 1.00 bits per heavy atom. The number of hydrogen-bond donors (Lipinski definition) is 1. The van der Waals surface area contributed by atoms with E-state index in [1.165, 1.54) is 4.90 Å². The van der Waals surface area contributed by atoms with Gasteiger partial charge in [-0.15, -0.1) is 0 Å². The standard InChI is InChI=1S/C19H20N2O3/c1-24-16-9-7-14(8-10-16)11-12-21-18(22)17(20-19(21)23)13-15-5-3-2-4-6-15/h2-10,17H,11-13H2,1H3,(H,20,23)/t17-/m1/s1. The van der Waals surface area contributed by atoms with Crippen molar-refractivity contribution in [3.8, 4) is 5.75 Å². The Hall–Kier alpha value is -2.82. The normalized spacial score (nSPS) is 17.0. The van der Waals surface area contributed by atoms with Gasteiger partial charge < -0.3 is 10.1 Å². The van der Waals surface area contributed by atoms with Crippen LogP contribution in [0.25, 0.3) is 0 Å². The van der Waals surface area contributed by atoms with Crippen LogP contribution in [0, 0.1) is 0 Å². The first-order chi connectivity index (χ1) is 11.7. The molecule has 0 aromatic heterocycles. The zero-order chi connectivity index (χ0) is 16.9. The molecule has 2 aromatic rings. The highest BCUT2D eigenvalue weighted by atomic mass is 16.5. The van der Waals surface area contributed by atoms with Crippen molar-refractivity contribution >= 4 is 11.9 Å². The first-order valence-electron chi connectivity index (χ1n) is 7.96. The van der Waals surface area contributed by atoms with Crippen LogP contribution in [0.15, 0.2) is 54.6 Å². The lowest BCUT2D eigenvalue weighted by Crippen LogP contribution is -2.33. The zero-order valence-electron chi connectivity index (χ0n) is 13.6. The summed E-state index contributed by atoms with van der Waals surface area (Å²) in [5, 5.41) is 2.77. The summed E-state index contributed by atoms with van der Waals surface area (Å²) in [4.78, 5) is 25.8. The van der Waals surface area contributed by atoms with Crippen LogP contribution in [0.5, 0.6) is 5.75 Å². The molecule has 24 heavy (non-hydrogen) atoms. The van der Waals surface area contributed by atoms with Crippen molar-refractivity contribution in [2.45, 2.75) is 18.9 Å². The van der Waals surface area contributed by atoms with E-state index in [1.807, 2.05) is 54.6 Å². The Morgan fingerprint density at radius 3 is 2.38 bits per heavy atom. The molecular weight excluding hydrogens is 304 g/mol. The Kier molecular flexibility index (Phi) is 4.79. The van der Waals surface area contributed by atoms with Crippen molar-refractivity contribution in [3.05, 3.63) is 65.7 Å². The maximum atomic E-state index is 12.5. The topological polar surface area (TPSA) is 58.6 Å². The molecule has 3 amide bonds. The molecule has 0 aliphatic carbocycles. The predicted molar refractivity (Wildman–Crippen MR) is 90.9 cm³/mol. The number of rotatable bonds is 6. The van der Waals surface area contributed by atoms with Crippen molar-refractivity contribution in [1.82, 2.24) is 10.2 Å². The Balaban J connectivity index is 1.59. The number of urea groups is 1. The molecule has 124 valence electrons. The number of nitrogens with one attached hydrogen (secondary N) is 1. The van der Waals surface area contributed by atoms with Gasteiger partial charge in [0.25, 0.3) is 5.91 Å². The Labute approximate surface area is 141 Å². The fraction of sp³-hybridized carbons (Fsp3) is 0.263. The van der Waals surface area contributed by atoms with Crippen molar-refractivity contribution in [1.29, 1.82) is 0 Å². The molecule has 1 saturated heterocycles. The highest BCUT2D eigenvalue weighted by Gasteiger charge is 2.37. The second-order valence-corrected chi connectivity index (χ2v) is 5.78. The van der Waals surface area contributed by atoms with Gasteiger partial charge in [0.2, 0.25) is 0 Å². The van der Waals surface area contributed by atoms with E-state index in [-0.39, 0.29) is 11.9 Å². The van der Waals surface area contributed by atoms with Gasteiger partial charge in [-0.1, -0.05) is 42.5 Å². The number of methoxy groups -OCH3 is 1. The number of benzene rings is 2. The van der Waals surface area contributed by atoms with Gasteiger partial charge in [0, 0.05) is 13.0 Å². The molecule has 0 radical (unpaired) electrons. The van der Waals surface area contributed by atoms with E-state index in [0.717, 1.165) is 16.9 Å². The SMILES string of the molecule is COc1ccc(CCN2C(=O)N[C@H](Cc3ccccc3)C2=O)cc1. The van der Waals surface area contributed by atoms with Crippen LogP contribution in [0.4, 0.5) is 4.79 Å². The molecule has 0 unspecified atom stereocenters. The summed E-state index contributed by atoms with van der Waals surface area (Å²) in [6.45, 7) is 0.377. The largest absolute Gasteiger partial charge is 0.497 e. The molecule has 1 fully saturated rings. The van der Waals surface area contributed by atoms with E-state index in [4.69, 9.17) is 4.74 Å². The van der Waals surface area contributed by atoms with E-state index in [0.29, 0.717) is 19.4 Å². The average Bonchev–Trinajstić information content (AvgIpc) is 2.88. The highest BCUT2D eigenvalue weighted by Crippen LogP contribution is 2.15. The number of amides is 3.